The Morgan fingerprint density at radius 1 is 1.23 bits per heavy atom. The number of amides is 2. The highest BCUT2D eigenvalue weighted by Gasteiger charge is 2.39. The van der Waals surface area contributed by atoms with Crippen molar-refractivity contribution in [2.75, 3.05) is 5.32 Å². The van der Waals surface area contributed by atoms with E-state index in [4.69, 9.17) is 0 Å². The molecule has 1 aromatic heterocycles. The number of aromatic nitrogens is 2. The Morgan fingerprint density at radius 2 is 2.04 bits per heavy atom. The summed E-state index contributed by atoms with van der Waals surface area (Å²) in [7, 11) is 0. The minimum atomic E-state index is -0.169. The molecule has 26 heavy (non-hydrogen) atoms. The molecule has 2 aliphatic heterocycles. The fourth-order valence-corrected chi connectivity index (χ4v) is 4.40. The summed E-state index contributed by atoms with van der Waals surface area (Å²) in [5.41, 5.74) is 0.667. The van der Waals surface area contributed by atoms with E-state index >= 15 is 0 Å². The largest absolute Gasteiger partial charge is 0.348 e. The maximum atomic E-state index is 12.5. The van der Waals surface area contributed by atoms with Gasteiger partial charge in [-0.2, -0.15) is 0 Å². The number of benzene rings is 1. The van der Waals surface area contributed by atoms with E-state index in [1.165, 1.54) is 25.1 Å². The number of imidazole rings is 1. The molecule has 0 unspecified atom stereocenters. The van der Waals surface area contributed by atoms with Gasteiger partial charge in [-0.05, 0) is 43.5 Å². The zero-order chi connectivity index (χ0) is 18.1. The maximum absolute atomic E-state index is 12.5. The monoisotopic (exact) mass is 371 g/mol. The summed E-state index contributed by atoms with van der Waals surface area (Å²) in [5, 5.41) is 10.1. The van der Waals surface area contributed by atoms with Crippen LogP contribution >= 0.6 is 11.8 Å². The van der Waals surface area contributed by atoms with Gasteiger partial charge in [-0.15, -0.1) is 0 Å². The summed E-state index contributed by atoms with van der Waals surface area (Å²) < 4.78 is 0. The molecule has 0 spiro atoms. The molecule has 2 fully saturated rings. The summed E-state index contributed by atoms with van der Waals surface area (Å²) in [4.78, 5) is 31.6. The molecule has 2 amide bonds. The fourth-order valence-electron chi connectivity index (χ4n) is 3.62. The molecule has 4 N–H and O–H groups in total. The van der Waals surface area contributed by atoms with Crippen LogP contribution in [0.5, 0.6) is 0 Å². The van der Waals surface area contributed by atoms with Crippen molar-refractivity contribution in [2.45, 2.75) is 54.2 Å². The predicted molar refractivity (Wildman–Crippen MR) is 99.3 cm³/mol. The van der Waals surface area contributed by atoms with Crippen LogP contribution in [-0.4, -0.2) is 39.9 Å². The molecular weight excluding hydrogens is 350 g/mol. The van der Waals surface area contributed by atoms with Gasteiger partial charge in [0.25, 0.3) is 5.91 Å². The Hall–Kier alpha value is -2.32. The van der Waals surface area contributed by atoms with Gasteiger partial charge in [0.15, 0.2) is 0 Å². The van der Waals surface area contributed by atoms with Gasteiger partial charge in [-0.3, -0.25) is 14.9 Å². The SMILES string of the molecule is CC(=O)Nc1ncc(Sc2ccc(C(=O)N[C@@H]3C[C@H]4CC[C@@H]3N4)cc2)[nH]1. The van der Waals surface area contributed by atoms with Crippen molar-refractivity contribution in [1.82, 2.24) is 20.6 Å². The summed E-state index contributed by atoms with van der Waals surface area (Å²) in [6.45, 7) is 1.44. The molecule has 2 aromatic rings. The first kappa shape index (κ1) is 17.1. The van der Waals surface area contributed by atoms with E-state index in [1.54, 1.807) is 6.20 Å². The van der Waals surface area contributed by atoms with Crippen molar-refractivity contribution in [3.8, 4) is 0 Å². The van der Waals surface area contributed by atoms with Crippen molar-refractivity contribution < 1.29 is 9.59 Å². The third-order valence-corrected chi connectivity index (χ3v) is 5.74. The second kappa shape index (κ2) is 7.13. The minimum absolute atomic E-state index is 0.0182. The third kappa shape index (κ3) is 3.76. The summed E-state index contributed by atoms with van der Waals surface area (Å²) in [6.07, 6.45) is 5.07. The molecule has 136 valence electrons. The Morgan fingerprint density at radius 3 is 2.69 bits per heavy atom. The molecule has 0 saturated carbocycles. The number of fused-ring (bicyclic) bond motifs is 2. The van der Waals surface area contributed by atoms with E-state index in [0.29, 0.717) is 23.6 Å². The van der Waals surface area contributed by atoms with Gasteiger partial charge >= 0.3 is 0 Å². The van der Waals surface area contributed by atoms with E-state index in [-0.39, 0.29) is 17.9 Å². The van der Waals surface area contributed by atoms with Gasteiger partial charge in [0.1, 0.15) is 0 Å². The van der Waals surface area contributed by atoms with Crippen molar-refractivity contribution >= 4 is 29.5 Å². The average Bonchev–Trinajstić information content (AvgIpc) is 3.32. The lowest BCUT2D eigenvalue weighted by Crippen LogP contribution is -2.42. The number of hydrogen-bond donors (Lipinski definition) is 4. The van der Waals surface area contributed by atoms with Gasteiger partial charge in [0.2, 0.25) is 11.9 Å². The summed E-state index contributed by atoms with van der Waals surface area (Å²) in [5.74, 6) is 0.239. The molecule has 2 bridgehead atoms. The molecule has 2 aliphatic rings. The van der Waals surface area contributed by atoms with E-state index in [2.05, 4.69) is 25.9 Å². The molecule has 3 atom stereocenters. The molecule has 2 saturated heterocycles. The number of carbonyl (C=O) groups excluding carboxylic acids is 2. The van der Waals surface area contributed by atoms with Gasteiger partial charge in [0.05, 0.1) is 11.2 Å². The Bertz CT molecular complexity index is 819. The highest BCUT2D eigenvalue weighted by Crippen LogP contribution is 2.29. The number of hydrogen-bond acceptors (Lipinski definition) is 5. The number of aromatic amines is 1. The second-order valence-electron chi connectivity index (χ2n) is 6.77. The zero-order valence-corrected chi connectivity index (χ0v) is 15.2. The van der Waals surface area contributed by atoms with Crippen LogP contribution in [0, 0.1) is 0 Å². The lowest BCUT2D eigenvalue weighted by Gasteiger charge is -2.21. The topological polar surface area (TPSA) is 98.9 Å². The lowest BCUT2D eigenvalue weighted by molar-refractivity contribution is -0.114. The van der Waals surface area contributed by atoms with E-state index in [0.717, 1.165) is 22.8 Å². The number of carbonyl (C=O) groups is 2. The number of H-pyrrole nitrogens is 1. The molecule has 7 nitrogen and oxygen atoms in total. The highest BCUT2D eigenvalue weighted by atomic mass is 32.2. The Kier molecular flexibility index (Phi) is 4.69. The number of rotatable bonds is 5. The van der Waals surface area contributed by atoms with Gasteiger partial charge in [-0.25, -0.2) is 4.98 Å². The van der Waals surface area contributed by atoms with Crippen LogP contribution in [0.15, 0.2) is 40.4 Å². The fraction of sp³-hybridized carbons (Fsp3) is 0.389. The molecule has 3 heterocycles. The normalized spacial score (nSPS) is 23.8. The maximum Gasteiger partial charge on any atom is 0.251 e. The van der Waals surface area contributed by atoms with Crippen LogP contribution < -0.4 is 16.0 Å². The van der Waals surface area contributed by atoms with Gasteiger partial charge in [-0.1, -0.05) is 11.8 Å². The smallest absolute Gasteiger partial charge is 0.251 e. The van der Waals surface area contributed by atoms with Crippen LogP contribution in [0.4, 0.5) is 5.95 Å². The molecule has 0 radical (unpaired) electrons. The number of nitrogens with one attached hydrogen (secondary N) is 4. The van der Waals surface area contributed by atoms with Crippen LogP contribution in [0.1, 0.15) is 36.5 Å². The standard InChI is InChI=1S/C18H21N5O2S/c1-10(24)20-18-19-9-16(23-18)26-13-5-2-11(3-6-13)17(25)22-15-8-12-4-7-14(15)21-12/h2-3,5-6,9,12,14-15,21H,4,7-8H2,1H3,(H,22,25)(H2,19,20,23,24)/t12-,14+,15-/m1/s1. The molecular formula is C18H21N5O2S. The lowest BCUT2D eigenvalue weighted by atomic mass is 9.95. The Balaban J connectivity index is 1.35. The van der Waals surface area contributed by atoms with E-state index in [1.807, 2.05) is 24.3 Å². The van der Waals surface area contributed by atoms with Crippen molar-refractivity contribution in [3.63, 3.8) is 0 Å². The quantitative estimate of drug-likeness (QED) is 0.645. The van der Waals surface area contributed by atoms with Crippen molar-refractivity contribution in [1.29, 1.82) is 0 Å². The van der Waals surface area contributed by atoms with Crippen LogP contribution in [0.2, 0.25) is 0 Å². The van der Waals surface area contributed by atoms with Crippen LogP contribution in [0.3, 0.4) is 0 Å². The third-order valence-electron chi connectivity index (χ3n) is 4.81. The highest BCUT2D eigenvalue weighted by molar-refractivity contribution is 7.99. The molecule has 8 heteroatoms. The second-order valence-corrected chi connectivity index (χ2v) is 7.88. The molecule has 0 aliphatic carbocycles. The predicted octanol–water partition coefficient (Wildman–Crippen LogP) is 2.14. The van der Waals surface area contributed by atoms with Crippen LogP contribution in [0.25, 0.3) is 0 Å². The van der Waals surface area contributed by atoms with Gasteiger partial charge in [0, 0.05) is 35.5 Å². The van der Waals surface area contributed by atoms with Crippen LogP contribution in [-0.2, 0) is 4.79 Å². The molecule has 1 aromatic carbocycles. The summed E-state index contributed by atoms with van der Waals surface area (Å²) in [6, 6.07) is 8.74. The Labute approximate surface area is 155 Å². The minimum Gasteiger partial charge on any atom is -0.348 e. The number of anilines is 1. The first-order valence-corrected chi connectivity index (χ1v) is 9.56. The van der Waals surface area contributed by atoms with E-state index < -0.39 is 0 Å². The summed E-state index contributed by atoms with van der Waals surface area (Å²) >= 11 is 1.49. The average molecular weight is 371 g/mol. The number of nitrogens with zero attached hydrogens (tertiary/aromatic N) is 1. The van der Waals surface area contributed by atoms with Crippen molar-refractivity contribution in [3.05, 3.63) is 36.0 Å². The van der Waals surface area contributed by atoms with Crippen molar-refractivity contribution in [2.24, 2.45) is 0 Å². The zero-order valence-electron chi connectivity index (χ0n) is 14.4. The van der Waals surface area contributed by atoms with E-state index in [9.17, 15) is 9.59 Å². The first-order valence-electron chi connectivity index (χ1n) is 8.74. The van der Waals surface area contributed by atoms with Gasteiger partial charge < -0.3 is 15.6 Å². The first-order chi connectivity index (χ1) is 12.6. The molecule has 4 rings (SSSR count).